The van der Waals surface area contributed by atoms with Crippen LogP contribution in [0.25, 0.3) is 5.69 Å². The normalized spacial score (nSPS) is 26.0. The van der Waals surface area contributed by atoms with Crippen LogP contribution in [0.4, 0.5) is 4.39 Å². The van der Waals surface area contributed by atoms with Crippen molar-refractivity contribution in [3.63, 3.8) is 0 Å². The lowest BCUT2D eigenvalue weighted by molar-refractivity contribution is -0.123. The Bertz CT molecular complexity index is 775. The molecule has 0 aliphatic heterocycles. The smallest absolute Gasteiger partial charge is 0.224 e. The van der Waals surface area contributed by atoms with Gasteiger partial charge in [-0.3, -0.25) is 4.79 Å². The minimum absolute atomic E-state index is 0.132. The van der Waals surface area contributed by atoms with Gasteiger partial charge in [-0.25, -0.2) is 9.37 Å². The number of carbonyl (C=O) groups excluding carboxylic acids is 1. The third kappa shape index (κ3) is 2.52. The first-order valence-corrected chi connectivity index (χ1v) is 8.66. The van der Waals surface area contributed by atoms with Gasteiger partial charge in [0.2, 0.25) is 5.91 Å². The van der Waals surface area contributed by atoms with Gasteiger partial charge >= 0.3 is 0 Å². The number of hydrogen-bond acceptors (Lipinski definition) is 2. The van der Waals surface area contributed by atoms with Gasteiger partial charge in [0.05, 0.1) is 11.7 Å². The van der Waals surface area contributed by atoms with Crippen LogP contribution in [0.3, 0.4) is 0 Å². The van der Waals surface area contributed by atoms with Crippen molar-refractivity contribution >= 4 is 5.91 Å². The lowest BCUT2D eigenvalue weighted by Gasteiger charge is -2.16. The molecule has 4 nitrogen and oxygen atoms in total. The van der Waals surface area contributed by atoms with Gasteiger partial charge in [0.1, 0.15) is 11.6 Å². The Kier molecular flexibility index (Phi) is 3.66. The molecule has 2 aliphatic rings. The van der Waals surface area contributed by atoms with Crippen molar-refractivity contribution in [2.24, 2.45) is 17.8 Å². The fraction of sp³-hybridized carbons (Fsp3) is 0.474. The highest BCUT2D eigenvalue weighted by molar-refractivity contribution is 5.82. The molecule has 0 spiro atoms. The van der Waals surface area contributed by atoms with Crippen molar-refractivity contribution < 1.29 is 9.18 Å². The SMILES string of the molecule is Cc1nccn1-c1ccc(C(C)NC(=O)C2C3CCCC32)cc1F. The first-order chi connectivity index (χ1) is 11.6. The lowest BCUT2D eigenvalue weighted by atomic mass is 10.1. The van der Waals surface area contributed by atoms with Crippen LogP contribution in [-0.4, -0.2) is 15.5 Å². The summed E-state index contributed by atoms with van der Waals surface area (Å²) in [6.07, 6.45) is 7.02. The predicted molar refractivity (Wildman–Crippen MR) is 89.1 cm³/mol. The molecular formula is C19H22FN3O. The van der Waals surface area contributed by atoms with Crippen molar-refractivity contribution in [1.82, 2.24) is 14.9 Å². The molecule has 1 aromatic heterocycles. The first kappa shape index (κ1) is 15.4. The number of nitrogens with one attached hydrogen (secondary N) is 1. The molecule has 2 aromatic rings. The summed E-state index contributed by atoms with van der Waals surface area (Å²) in [4.78, 5) is 16.5. The number of aromatic nitrogens is 2. The monoisotopic (exact) mass is 327 g/mol. The second-order valence-corrected chi connectivity index (χ2v) is 7.07. The summed E-state index contributed by atoms with van der Waals surface area (Å²) in [6, 6.07) is 4.93. The molecule has 2 aliphatic carbocycles. The summed E-state index contributed by atoms with van der Waals surface area (Å²) in [5.74, 6) is 1.95. The minimum atomic E-state index is -0.307. The predicted octanol–water partition coefficient (Wildman–Crippen LogP) is 3.54. The molecule has 2 saturated carbocycles. The van der Waals surface area contributed by atoms with Gasteiger partial charge in [0, 0.05) is 18.3 Å². The second-order valence-electron chi connectivity index (χ2n) is 7.07. The number of aryl methyl sites for hydroxylation is 1. The maximum Gasteiger partial charge on any atom is 0.224 e. The molecule has 0 saturated heterocycles. The Labute approximate surface area is 141 Å². The number of halogens is 1. The molecule has 0 bridgehead atoms. The standard InChI is InChI=1S/C19H22FN3O/c1-11(22-19(24)18-14-4-3-5-15(14)18)13-6-7-17(16(20)10-13)23-9-8-21-12(23)2/h6-11,14-15,18H,3-5H2,1-2H3,(H,22,24). The topological polar surface area (TPSA) is 46.9 Å². The molecule has 1 amide bonds. The highest BCUT2D eigenvalue weighted by Gasteiger charge is 2.56. The molecule has 0 radical (unpaired) electrons. The molecular weight excluding hydrogens is 305 g/mol. The number of imidazole rings is 1. The van der Waals surface area contributed by atoms with Crippen LogP contribution in [0.15, 0.2) is 30.6 Å². The van der Waals surface area contributed by atoms with E-state index in [1.54, 1.807) is 23.0 Å². The van der Waals surface area contributed by atoms with E-state index in [-0.39, 0.29) is 23.7 Å². The fourth-order valence-corrected chi connectivity index (χ4v) is 4.22. The summed E-state index contributed by atoms with van der Waals surface area (Å²) in [6.45, 7) is 3.75. The van der Waals surface area contributed by atoms with E-state index < -0.39 is 0 Å². The molecule has 24 heavy (non-hydrogen) atoms. The molecule has 1 aromatic carbocycles. The molecule has 5 heteroatoms. The van der Waals surface area contributed by atoms with Crippen molar-refractivity contribution in [1.29, 1.82) is 0 Å². The quantitative estimate of drug-likeness (QED) is 0.933. The van der Waals surface area contributed by atoms with Crippen LogP contribution in [0.2, 0.25) is 0 Å². The van der Waals surface area contributed by atoms with E-state index in [9.17, 15) is 9.18 Å². The van der Waals surface area contributed by atoms with E-state index in [1.165, 1.54) is 25.3 Å². The fourth-order valence-electron chi connectivity index (χ4n) is 4.22. The van der Waals surface area contributed by atoms with Gasteiger partial charge in [-0.15, -0.1) is 0 Å². The zero-order valence-corrected chi connectivity index (χ0v) is 14.0. The highest BCUT2D eigenvalue weighted by Crippen LogP contribution is 2.57. The lowest BCUT2D eigenvalue weighted by Crippen LogP contribution is -2.29. The van der Waals surface area contributed by atoms with E-state index in [1.807, 2.05) is 19.9 Å². The van der Waals surface area contributed by atoms with Crippen molar-refractivity contribution in [3.8, 4) is 5.69 Å². The van der Waals surface area contributed by atoms with Gasteiger partial charge < -0.3 is 9.88 Å². The van der Waals surface area contributed by atoms with Crippen LogP contribution in [0.5, 0.6) is 0 Å². The molecule has 3 atom stereocenters. The van der Waals surface area contributed by atoms with E-state index in [0.29, 0.717) is 17.5 Å². The van der Waals surface area contributed by atoms with Crippen molar-refractivity contribution in [3.05, 3.63) is 47.8 Å². The number of amides is 1. The average molecular weight is 327 g/mol. The molecule has 126 valence electrons. The maximum absolute atomic E-state index is 14.5. The summed E-state index contributed by atoms with van der Waals surface area (Å²) in [5.41, 5.74) is 1.26. The number of carbonyl (C=O) groups is 1. The summed E-state index contributed by atoms with van der Waals surface area (Å²) < 4.78 is 16.2. The number of rotatable bonds is 4. The number of nitrogens with zero attached hydrogens (tertiary/aromatic N) is 2. The zero-order chi connectivity index (χ0) is 16.8. The third-order valence-electron chi connectivity index (χ3n) is 5.63. The van der Waals surface area contributed by atoms with Crippen LogP contribution in [-0.2, 0) is 4.79 Å². The van der Waals surface area contributed by atoms with E-state index in [4.69, 9.17) is 0 Å². The summed E-state index contributed by atoms with van der Waals surface area (Å²) in [5, 5.41) is 3.05. The summed E-state index contributed by atoms with van der Waals surface area (Å²) in [7, 11) is 0. The van der Waals surface area contributed by atoms with Crippen LogP contribution in [0.1, 0.15) is 43.6 Å². The van der Waals surface area contributed by atoms with Gasteiger partial charge in [-0.2, -0.15) is 0 Å². The molecule has 3 unspecified atom stereocenters. The van der Waals surface area contributed by atoms with Crippen molar-refractivity contribution in [2.45, 2.75) is 39.2 Å². The van der Waals surface area contributed by atoms with E-state index >= 15 is 0 Å². The number of fused-ring (bicyclic) bond motifs is 1. The molecule has 1 N–H and O–H groups in total. The van der Waals surface area contributed by atoms with E-state index in [2.05, 4.69) is 10.3 Å². The number of benzene rings is 1. The second kappa shape index (κ2) is 5.72. The first-order valence-electron chi connectivity index (χ1n) is 8.66. The Morgan fingerprint density at radius 2 is 2.12 bits per heavy atom. The highest BCUT2D eigenvalue weighted by atomic mass is 19.1. The van der Waals surface area contributed by atoms with Gasteiger partial charge in [0.15, 0.2) is 0 Å². The Morgan fingerprint density at radius 3 is 2.75 bits per heavy atom. The van der Waals surface area contributed by atoms with Crippen LogP contribution < -0.4 is 5.32 Å². The zero-order valence-electron chi connectivity index (χ0n) is 14.0. The molecule has 4 rings (SSSR count). The number of hydrogen-bond donors (Lipinski definition) is 1. The van der Waals surface area contributed by atoms with Gasteiger partial charge in [0.25, 0.3) is 0 Å². The van der Waals surface area contributed by atoms with Crippen molar-refractivity contribution in [2.75, 3.05) is 0 Å². The minimum Gasteiger partial charge on any atom is -0.349 e. The van der Waals surface area contributed by atoms with Crippen LogP contribution in [0, 0.1) is 30.5 Å². The molecule has 2 fully saturated rings. The molecule has 1 heterocycles. The average Bonchev–Trinajstić information content (AvgIpc) is 2.87. The van der Waals surface area contributed by atoms with E-state index in [0.717, 1.165) is 11.4 Å². The Balaban J connectivity index is 1.47. The van der Waals surface area contributed by atoms with Crippen LogP contribution >= 0.6 is 0 Å². The largest absolute Gasteiger partial charge is 0.349 e. The van der Waals surface area contributed by atoms with Gasteiger partial charge in [-0.05, 0) is 56.2 Å². The Morgan fingerprint density at radius 1 is 1.38 bits per heavy atom. The van der Waals surface area contributed by atoms with Gasteiger partial charge in [-0.1, -0.05) is 12.5 Å². The Hall–Kier alpha value is -2.17. The maximum atomic E-state index is 14.5. The third-order valence-corrected chi connectivity index (χ3v) is 5.63. The summed E-state index contributed by atoms with van der Waals surface area (Å²) >= 11 is 0.